The summed E-state index contributed by atoms with van der Waals surface area (Å²) >= 11 is 0. The molecular weight excluding hydrogens is 402 g/mol. The standard InChI is InChI=1S/C31H33NO/c1-3-23-14-9-11-17-29(23)32-31-25(4-2)27-19-18-24-15-8-10-16-26(24)28(27)20-30(31)33-21-22-12-6-5-7-13-22/h3-7,9,11-14,17,20,24,26,32H,1-2,8,10,15-16,18-19,21H2. The Morgan fingerprint density at radius 3 is 2.52 bits per heavy atom. The highest BCUT2D eigenvalue weighted by Crippen LogP contribution is 2.50. The van der Waals surface area contributed by atoms with Crippen molar-refractivity contribution < 1.29 is 4.74 Å². The molecule has 0 bridgehead atoms. The van der Waals surface area contributed by atoms with E-state index in [4.69, 9.17) is 4.74 Å². The summed E-state index contributed by atoms with van der Waals surface area (Å²) in [6.45, 7) is 8.77. The predicted molar refractivity (Wildman–Crippen MR) is 140 cm³/mol. The summed E-state index contributed by atoms with van der Waals surface area (Å²) in [6.07, 6.45) is 11.7. The fourth-order valence-corrected chi connectivity index (χ4v) is 5.77. The number of anilines is 2. The zero-order valence-corrected chi connectivity index (χ0v) is 19.4. The number of hydrogen-bond donors (Lipinski definition) is 1. The molecule has 0 spiro atoms. The van der Waals surface area contributed by atoms with Gasteiger partial charge in [-0.3, -0.25) is 0 Å². The smallest absolute Gasteiger partial charge is 0.144 e. The van der Waals surface area contributed by atoms with Crippen molar-refractivity contribution in [1.82, 2.24) is 0 Å². The van der Waals surface area contributed by atoms with E-state index >= 15 is 0 Å². The number of benzene rings is 3. The Labute approximate surface area is 198 Å². The highest BCUT2D eigenvalue weighted by Gasteiger charge is 2.34. The molecule has 0 aromatic heterocycles. The van der Waals surface area contributed by atoms with Gasteiger partial charge in [0.05, 0.1) is 5.69 Å². The van der Waals surface area contributed by atoms with Crippen molar-refractivity contribution in [2.75, 3.05) is 5.32 Å². The zero-order valence-electron chi connectivity index (χ0n) is 19.4. The van der Waals surface area contributed by atoms with Crippen molar-refractivity contribution >= 4 is 23.5 Å². The molecule has 2 nitrogen and oxygen atoms in total. The molecule has 0 radical (unpaired) electrons. The first-order chi connectivity index (χ1) is 16.3. The Bertz CT molecular complexity index is 1150. The third-order valence-corrected chi connectivity index (χ3v) is 7.43. The van der Waals surface area contributed by atoms with E-state index in [0.29, 0.717) is 12.5 Å². The van der Waals surface area contributed by atoms with Crippen molar-refractivity contribution in [3.63, 3.8) is 0 Å². The van der Waals surface area contributed by atoms with E-state index in [2.05, 4.69) is 67.0 Å². The SMILES string of the molecule is C=Cc1ccccc1Nc1c(OCc2ccccc2)cc2c(c1C=C)CCC1CCCCC21. The number of fused-ring (bicyclic) bond motifs is 3. The molecule has 1 fully saturated rings. The van der Waals surface area contributed by atoms with Crippen LogP contribution in [0.25, 0.3) is 12.2 Å². The fraction of sp³-hybridized carbons (Fsp3) is 0.290. The van der Waals surface area contributed by atoms with Gasteiger partial charge in [-0.1, -0.05) is 86.7 Å². The summed E-state index contributed by atoms with van der Waals surface area (Å²) in [4.78, 5) is 0. The second-order valence-electron chi connectivity index (χ2n) is 9.32. The molecule has 3 aromatic carbocycles. The number of ether oxygens (including phenoxy) is 1. The van der Waals surface area contributed by atoms with Gasteiger partial charge in [-0.05, 0) is 71.9 Å². The number of hydrogen-bond acceptors (Lipinski definition) is 2. The molecule has 0 heterocycles. The zero-order chi connectivity index (χ0) is 22.6. The molecule has 3 aromatic rings. The first-order valence-electron chi connectivity index (χ1n) is 12.3. The summed E-state index contributed by atoms with van der Waals surface area (Å²) in [5, 5.41) is 3.70. The number of nitrogens with one attached hydrogen (secondary N) is 1. The van der Waals surface area contributed by atoms with E-state index in [0.717, 1.165) is 35.0 Å². The molecule has 2 aliphatic rings. The Kier molecular flexibility index (Phi) is 6.35. The van der Waals surface area contributed by atoms with E-state index in [-0.39, 0.29) is 0 Å². The van der Waals surface area contributed by atoms with Crippen LogP contribution in [0.2, 0.25) is 0 Å². The molecule has 2 heteroatoms. The van der Waals surface area contributed by atoms with Crippen LogP contribution in [0.1, 0.15) is 65.8 Å². The van der Waals surface area contributed by atoms with Crippen LogP contribution in [-0.2, 0) is 13.0 Å². The summed E-state index contributed by atoms with van der Waals surface area (Å²) in [7, 11) is 0. The summed E-state index contributed by atoms with van der Waals surface area (Å²) in [6, 6.07) is 21.0. The molecule has 2 aliphatic carbocycles. The van der Waals surface area contributed by atoms with Crippen molar-refractivity contribution in [3.05, 3.63) is 102 Å². The van der Waals surface area contributed by atoms with Gasteiger partial charge in [0.25, 0.3) is 0 Å². The van der Waals surface area contributed by atoms with Crippen molar-refractivity contribution in [2.24, 2.45) is 5.92 Å². The summed E-state index contributed by atoms with van der Waals surface area (Å²) in [5.74, 6) is 2.37. The van der Waals surface area contributed by atoms with Crippen molar-refractivity contribution in [2.45, 2.75) is 51.0 Å². The first kappa shape index (κ1) is 21.6. The van der Waals surface area contributed by atoms with E-state index < -0.39 is 0 Å². The lowest BCUT2D eigenvalue weighted by atomic mass is 9.67. The molecule has 2 atom stereocenters. The topological polar surface area (TPSA) is 21.3 Å². The van der Waals surface area contributed by atoms with Gasteiger partial charge in [-0.15, -0.1) is 0 Å². The minimum Gasteiger partial charge on any atom is -0.487 e. The van der Waals surface area contributed by atoms with Gasteiger partial charge in [0, 0.05) is 11.3 Å². The molecule has 0 aliphatic heterocycles. The Morgan fingerprint density at radius 1 is 0.909 bits per heavy atom. The Balaban J connectivity index is 1.60. The van der Waals surface area contributed by atoms with Crippen LogP contribution in [0, 0.1) is 5.92 Å². The number of para-hydroxylation sites is 1. The van der Waals surface area contributed by atoms with Gasteiger partial charge in [0.2, 0.25) is 0 Å². The highest BCUT2D eigenvalue weighted by molar-refractivity contribution is 5.83. The van der Waals surface area contributed by atoms with Gasteiger partial charge in [0.15, 0.2) is 0 Å². The third-order valence-electron chi connectivity index (χ3n) is 7.43. The van der Waals surface area contributed by atoms with Crippen LogP contribution in [-0.4, -0.2) is 0 Å². The van der Waals surface area contributed by atoms with Crippen molar-refractivity contribution in [3.8, 4) is 5.75 Å². The quantitative estimate of drug-likeness (QED) is 0.401. The molecule has 2 unspecified atom stereocenters. The fourth-order valence-electron chi connectivity index (χ4n) is 5.77. The second-order valence-corrected chi connectivity index (χ2v) is 9.32. The minimum atomic E-state index is 0.544. The average molecular weight is 436 g/mol. The van der Waals surface area contributed by atoms with E-state index in [9.17, 15) is 0 Å². The summed E-state index contributed by atoms with van der Waals surface area (Å²) in [5.41, 5.74) is 8.44. The van der Waals surface area contributed by atoms with Gasteiger partial charge < -0.3 is 10.1 Å². The van der Waals surface area contributed by atoms with Crippen LogP contribution >= 0.6 is 0 Å². The van der Waals surface area contributed by atoms with Crippen LogP contribution in [0.5, 0.6) is 5.75 Å². The van der Waals surface area contributed by atoms with E-state index in [1.807, 2.05) is 24.3 Å². The predicted octanol–water partition coefficient (Wildman–Crippen LogP) is 8.52. The number of rotatable bonds is 7. The molecule has 168 valence electrons. The minimum absolute atomic E-state index is 0.544. The average Bonchev–Trinajstić information content (AvgIpc) is 2.88. The van der Waals surface area contributed by atoms with Crippen LogP contribution in [0.3, 0.4) is 0 Å². The summed E-state index contributed by atoms with van der Waals surface area (Å²) < 4.78 is 6.52. The second kappa shape index (κ2) is 9.70. The molecule has 0 amide bonds. The van der Waals surface area contributed by atoms with Crippen molar-refractivity contribution in [1.29, 1.82) is 0 Å². The van der Waals surface area contributed by atoms with Gasteiger partial charge >= 0.3 is 0 Å². The van der Waals surface area contributed by atoms with Gasteiger partial charge in [-0.25, -0.2) is 0 Å². The third kappa shape index (κ3) is 4.35. The van der Waals surface area contributed by atoms with E-state index in [1.54, 1.807) is 0 Å². The molecule has 33 heavy (non-hydrogen) atoms. The molecule has 1 saturated carbocycles. The van der Waals surface area contributed by atoms with Gasteiger partial charge in [0.1, 0.15) is 12.4 Å². The largest absolute Gasteiger partial charge is 0.487 e. The molecule has 0 saturated heterocycles. The van der Waals surface area contributed by atoms with E-state index in [1.165, 1.54) is 54.4 Å². The van der Waals surface area contributed by atoms with Gasteiger partial charge in [-0.2, -0.15) is 0 Å². The van der Waals surface area contributed by atoms with Crippen LogP contribution < -0.4 is 10.1 Å². The lowest BCUT2D eigenvalue weighted by Crippen LogP contribution is -2.25. The maximum atomic E-state index is 6.52. The molecular formula is C31H33NO. The first-order valence-corrected chi connectivity index (χ1v) is 12.3. The normalized spacial score (nSPS) is 19.2. The Morgan fingerprint density at radius 2 is 1.70 bits per heavy atom. The monoisotopic (exact) mass is 435 g/mol. The lowest BCUT2D eigenvalue weighted by Gasteiger charge is -2.38. The van der Waals surface area contributed by atoms with Crippen LogP contribution in [0.4, 0.5) is 11.4 Å². The lowest BCUT2D eigenvalue weighted by molar-refractivity contribution is 0.272. The highest BCUT2D eigenvalue weighted by atomic mass is 16.5. The van der Waals surface area contributed by atoms with Crippen LogP contribution in [0.15, 0.2) is 73.8 Å². The maximum absolute atomic E-state index is 6.52. The Hall–Kier alpha value is -3.26. The molecule has 5 rings (SSSR count). The maximum Gasteiger partial charge on any atom is 0.144 e. The molecule has 1 N–H and O–H groups in total.